The molecule has 0 aromatic heterocycles. The lowest BCUT2D eigenvalue weighted by Gasteiger charge is -2.06. The van der Waals surface area contributed by atoms with Crippen LogP contribution in [0, 0.1) is 0 Å². The highest BCUT2D eigenvalue weighted by atomic mass is 16.5. The van der Waals surface area contributed by atoms with Crippen molar-refractivity contribution in [2.24, 2.45) is 0 Å². The predicted molar refractivity (Wildman–Crippen MR) is 276 cm³/mol. The van der Waals surface area contributed by atoms with Gasteiger partial charge in [0.25, 0.3) is 0 Å². The topological polar surface area (TPSA) is 26.3 Å². The molecule has 0 fully saturated rings. The van der Waals surface area contributed by atoms with Gasteiger partial charge in [-0.3, -0.25) is 4.79 Å². The molecule has 0 saturated heterocycles. The van der Waals surface area contributed by atoms with Crippen molar-refractivity contribution in [2.45, 2.75) is 354 Å². The lowest BCUT2D eigenvalue weighted by molar-refractivity contribution is -0.143. The summed E-state index contributed by atoms with van der Waals surface area (Å²) >= 11 is 0. The molecule has 0 unspecified atom stereocenters. The highest BCUT2D eigenvalue weighted by Gasteiger charge is 2.03. The third kappa shape index (κ3) is 57.2. The Morgan fingerprint density at radius 2 is 0.459 bits per heavy atom. The van der Waals surface area contributed by atoms with Crippen molar-refractivity contribution in [3.63, 3.8) is 0 Å². The second-order valence-electron chi connectivity index (χ2n) is 20.0. The first-order chi connectivity index (χ1) is 30.3. The van der Waals surface area contributed by atoms with Gasteiger partial charge >= 0.3 is 5.97 Å². The third-order valence-electron chi connectivity index (χ3n) is 13.7. The van der Waals surface area contributed by atoms with Crippen molar-refractivity contribution in [3.8, 4) is 0 Å². The molecule has 2 heteroatoms. The van der Waals surface area contributed by atoms with Gasteiger partial charge in [0.1, 0.15) is 0 Å². The Morgan fingerprint density at radius 3 is 0.721 bits per heavy atom. The van der Waals surface area contributed by atoms with E-state index in [1.165, 1.54) is 321 Å². The smallest absolute Gasteiger partial charge is 0.305 e. The highest BCUT2D eigenvalue weighted by molar-refractivity contribution is 5.69. The molecule has 0 spiro atoms. The van der Waals surface area contributed by atoms with Crippen LogP contribution >= 0.6 is 0 Å². The van der Waals surface area contributed by atoms with E-state index in [2.05, 4.69) is 26.0 Å². The summed E-state index contributed by atoms with van der Waals surface area (Å²) < 4.78 is 5.50. The van der Waals surface area contributed by atoms with Gasteiger partial charge in [-0.25, -0.2) is 0 Å². The summed E-state index contributed by atoms with van der Waals surface area (Å²) in [6.07, 6.45) is 78.4. The van der Waals surface area contributed by atoms with E-state index in [4.69, 9.17) is 4.74 Å². The second kappa shape index (κ2) is 57.2. The molecule has 0 aliphatic carbocycles. The Bertz CT molecular complexity index is 803. The number of hydrogen-bond acceptors (Lipinski definition) is 2. The third-order valence-corrected chi connectivity index (χ3v) is 13.7. The molecule has 61 heavy (non-hydrogen) atoms. The number of allylic oxidation sites excluding steroid dienone is 2. The first kappa shape index (κ1) is 60.2. The van der Waals surface area contributed by atoms with Crippen molar-refractivity contribution >= 4 is 5.97 Å². The van der Waals surface area contributed by atoms with Crippen LogP contribution in [0.25, 0.3) is 0 Å². The van der Waals surface area contributed by atoms with Crippen molar-refractivity contribution < 1.29 is 9.53 Å². The minimum absolute atomic E-state index is 0.0291. The summed E-state index contributed by atoms with van der Waals surface area (Å²) in [4.78, 5) is 12.1. The van der Waals surface area contributed by atoms with Gasteiger partial charge in [0.15, 0.2) is 0 Å². The van der Waals surface area contributed by atoms with Gasteiger partial charge in [-0.05, 0) is 38.5 Å². The van der Waals surface area contributed by atoms with Gasteiger partial charge in [0.2, 0.25) is 0 Å². The van der Waals surface area contributed by atoms with Crippen LogP contribution in [-0.4, -0.2) is 12.6 Å². The summed E-state index contributed by atoms with van der Waals surface area (Å²) in [7, 11) is 0. The molecule has 0 atom stereocenters. The van der Waals surface area contributed by atoms with Crippen molar-refractivity contribution in [2.75, 3.05) is 6.61 Å². The fraction of sp³-hybridized carbons (Fsp3) is 0.949. The molecule has 0 aromatic rings. The molecule has 0 rings (SSSR count). The lowest BCUT2D eigenvalue weighted by atomic mass is 10.0. The van der Waals surface area contributed by atoms with Crippen LogP contribution in [0.15, 0.2) is 12.2 Å². The normalized spacial score (nSPS) is 11.7. The summed E-state index contributed by atoms with van der Waals surface area (Å²) in [6, 6.07) is 0. The monoisotopic (exact) mass is 857 g/mol. The van der Waals surface area contributed by atoms with E-state index in [-0.39, 0.29) is 5.97 Å². The zero-order chi connectivity index (χ0) is 43.9. The van der Waals surface area contributed by atoms with Crippen molar-refractivity contribution in [3.05, 3.63) is 12.2 Å². The van der Waals surface area contributed by atoms with Gasteiger partial charge in [-0.2, -0.15) is 0 Å². The van der Waals surface area contributed by atoms with E-state index in [1.807, 2.05) is 0 Å². The lowest BCUT2D eigenvalue weighted by Crippen LogP contribution is -2.05. The van der Waals surface area contributed by atoms with Crippen LogP contribution < -0.4 is 0 Å². The SMILES string of the molecule is CCCCCCC=CCCCCCCCCCCCC(=O)OCCCCCCCCCCCCCCCCCCCCCCCCCCCCCCCCCCCCCCC. The number of ether oxygens (including phenoxy) is 1. The Labute approximate surface area is 386 Å². The average Bonchev–Trinajstić information content (AvgIpc) is 3.27. The van der Waals surface area contributed by atoms with Crippen LogP contribution in [0.5, 0.6) is 0 Å². The zero-order valence-electron chi connectivity index (χ0n) is 42.7. The average molecular weight is 858 g/mol. The number of rotatable bonds is 55. The molecule has 0 aliphatic rings. The van der Waals surface area contributed by atoms with E-state index < -0.39 is 0 Å². The quantitative estimate of drug-likeness (QED) is 0.0346. The summed E-state index contributed by atoms with van der Waals surface area (Å²) in [5.74, 6) is 0.0291. The van der Waals surface area contributed by atoms with Crippen LogP contribution in [-0.2, 0) is 9.53 Å². The molecule has 0 saturated carbocycles. The van der Waals surface area contributed by atoms with Crippen molar-refractivity contribution in [1.82, 2.24) is 0 Å². The number of unbranched alkanes of at least 4 members (excludes halogenated alkanes) is 49. The maximum absolute atomic E-state index is 12.1. The summed E-state index contributed by atoms with van der Waals surface area (Å²) in [5.41, 5.74) is 0. The van der Waals surface area contributed by atoms with E-state index in [0.717, 1.165) is 12.8 Å². The maximum Gasteiger partial charge on any atom is 0.305 e. The molecule has 0 amide bonds. The minimum atomic E-state index is 0.0291. The summed E-state index contributed by atoms with van der Waals surface area (Å²) in [5, 5.41) is 0. The summed E-state index contributed by atoms with van der Waals surface area (Å²) in [6.45, 7) is 5.22. The van der Waals surface area contributed by atoms with Crippen LogP contribution in [0.3, 0.4) is 0 Å². The fourth-order valence-electron chi connectivity index (χ4n) is 9.31. The number of carbonyl (C=O) groups excluding carboxylic acids is 1. The number of esters is 1. The van der Waals surface area contributed by atoms with E-state index >= 15 is 0 Å². The van der Waals surface area contributed by atoms with Crippen LogP contribution in [0.4, 0.5) is 0 Å². The Hall–Kier alpha value is -0.790. The second-order valence-corrected chi connectivity index (χ2v) is 20.0. The zero-order valence-corrected chi connectivity index (χ0v) is 42.7. The molecule has 0 heterocycles. The van der Waals surface area contributed by atoms with Crippen LogP contribution in [0.1, 0.15) is 354 Å². The minimum Gasteiger partial charge on any atom is -0.466 e. The van der Waals surface area contributed by atoms with E-state index in [9.17, 15) is 4.79 Å². The highest BCUT2D eigenvalue weighted by Crippen LogP contribution is 2.18. The molecule has 0 bridgehead atoms. The van der Waals surface area contributed by atoms with E-state index in [0.29, 0.717) is 13.0 Å². The maximum atomic E-state index is 12.1. The molecule has 0 aliphatic heterocycles. The fourth-order valence-corrected chi connectivity index (χ4v) is 9.31. The molecular weight excluding hydrogens is 741 g/mol. The molecule has 364 valence electrons. The Morgan fingerprint density at radius 1 is 0.262 bits per heavy atom. The Balaban J connectivity index is 3.14. The number of hydrogen-bond donors (Lipinski definition) is 0. The molecular formula is C59H116O2. The molecule has 0 N–H and O–H groups in total. The first-order valence-electron chi connectivity index (χ1n) is 29.1. The van der Waals surface area contributed by atoms with Gasteiger partial charge in [-0.15, -0.1) is 0 Å². The molecule has 0 aromatic carbocycles. The van der Waals surface area contributed by atoms with E-state index in [1.54, 1.807) is 0 Å². The van der Waals surface area contributed by atoms with Gasteiger partial charge < -0.3 is 4.74 Å². The van der Waals surface area contributed by atoms with Crippen molar-refractivity contribution in [1.29, 1.82) is 0 Å². The standard InChI is InChI=1S/C59H116O2/c1-3-5-7-9-11-13-15-17-19-21-22-23-24-25-26-27-28-29-30-31-32-33-34-35-36-37-38-39-40-42-44-46-48-50-52-54-56-58-61-59(60)57-55-53-51-49-47-45-43-41-20-18-16-14-12-10-8-6-4-2/h14,16H,3-13,15,17-58H2,1-2H3. The molecule has 0 radical (unpaired) electrons. The van der Waals surface area contributed by atoms with Gasteiger partial charge in [0.05, 0.1) is 6.61 Å². The van der Waals surface area contributed by atoms with Crippen LogP contribution in [0.2, 0.25) is 0 Å². The predicted octanol–water partition coefficient (Wildman–Crippen LogP) is 21.8. The number of carbonyl (C=O) groups is 1. The largest absolute Gasteiger partial charge is 0.466 e. The first-order valence-corrected chi connectivity index (χ1v) is 29.1. The molecule has 2 nitrogen and oxygen atoms in total. The Kier molecular flexibility index (Phi) is 56.5. The van der Waals surface area contributed by atoms with Gasteiger partial charge in [-0.1, -0.05) is 321 Å². The van der Waals surface area contributed by atoms with Gasteiger partial charge in [0, 0.05) is 6.42 Å².